The lowest BCUT2D eigenvalue weighted by Crippen LogP contribution is -2.51. The van der Waals surface area contributed by atoms with Crippen molar-refractivity contribution in [3.63, 3.8) is 0 Å². The number of halogens is 2. The fourth-order valence-corrected chi connectivity index (χ4v) is 2.45. The van der Waals surface area contributed by atoms with Crippen molar-refractivity contribution in [2.24, 2.45) is 0 Å². The van der Waals surface area contributed by atoms with Crippen LogP contribution >= 0.6 is 23.2 Å². The zero-order valence-corrected chi connectivity index (χ0v) is 12.0. The van der Waals surface area contributed by atoms with E-state index in [2.05, 4.69) is 10.6 Å². The second-order valence-corrected chi connectivity index (χ2v) is 5.44. The topological polar surface area (TPSA) is 78.4 Å². The van der Waals surface area contributed by atoms with E-state index in [0.717, 1.165) is 0 Å². The molecule has 7 heteroatoms. The number of aliphatic hydroxyl groups excluding tert-OH is 1. The highest BCUT2D eigenvalue weighted by Gasteiger charge is 2.26. The third-order valence-electron chi connectivity index (χ3n) is 3.11. The molecule has 0 saturated carbocycles. The Morgan fingerprint density at radius 3 is 2.85 bits per heavy atom. The van der Waals surface area contributed by atoms with Gasteiger partial charge in [-0.25, -0.2) is 0 Å². The number of carbonyl (C=O) groups is 2. The third-order valence-corrected chi connectivity index (χ3v) is 3.69. The highest BCUT2D eigenvalue weighted by molar-refractivity contribution is 6.33. The first kappa shape index (κ1) is 15.3. The molecule has 2 unspecified atom stereocenters. The standard InChI is InChI=1S/C13H14Cl2N2O3/c14-7-1-2-9(15)8(5-7)11(18)6-16-10-3-4-12(19)17-13(10)20/h1-2,5,10-11,16,18H,3-4,6H2,(H,17,19,20). The van der Waals surface area contributed by atoms with Crippen molar-refractivity contribution in [2.75, 3.05) is 6.54 Å². The molecule has 0 spiro atoms. The summed E-state index contributed by atoms with van der Waals surface area (Å²) in [5.74, 6) is -0.642. The predicted octanol–water partition coefficient (Wildman–Crippen LogP) is 1.42. The van der Waals surface area contributed by atoms with Gasteiger partial charge in [-0.3, -0.25) is 14.9 Å². The molecule has 1 saturated heterocycles. The number of rotatable bonds is 4. The molecule has 1 heterocycles. The van der Waals surface area contributed by atoms with E-state index in [1.54, 1.807) is 18.2 Å². The van der Waals surface area contributed by atoms with Gasteiger partial charge in [0, 0.05) is 28.6 Å². The quantitative estimate of drug-likeness (QED) is 0.734. The minimum absolute atomic E-state index is 0.145. The molecule has 0 aromatic heterocycles. The Morgan fingerprint density at radius 1 is 1.40 bits per heavy atom. The molecule has 1 aromatic rings. The first-order chi connectivity index (χ1) is 9.47. The Balaban J connectivity index is 1.95. The largest absolute Gasteiger partial charge is 0.387 e. The van der Waals surface area contributed by atoms with E-state index in [4.69, 9.17) is 23.2 Å². The van der Waals surface area contributed by atoms with Crippen molar-refractivity contribution in [3.05, 3.63) is 33.8 Å². The summed E-state index contributed by atoms with van der Waals surface area (Å²) in [6, 6.07) is 4.34. The molecule has 2 amide bonds. The van der Waals surface area contributed by atoms with E-state index in [0.29, 0.717) is 22.0 Å². The lowest BCUT2D eigenvalue weighted by Gasteiger charge is -2.23. The van der Waals surface area contributed by atoms with E-state index in [-0.39, 0.29) is 24.8 Å². The molecule has 5 nitrogen and oxygen atoms in total. The van der Waals surface area contributed by atoms with Crippen LogP contribution in [-0.4, -0.2) is 29.5 Å². The highest BCUT2D eigenvalue weighted by atomic mass is 35.5. The van der Waals surface area contributed by atoms with Crippen molar-refractivity contribution >= 4 is 35.0 Å². The first-order valence-electron chi connectivity index (χ1n) is 6.17. The lowest BCUT2D eigenvalue weighted by atomic mass is 10.0. The third kappa shape index (κ3) is 3.70. The Labute approximate surface area is 126 Å². The minimum Gasteiger partial charge on any atom is -0.387 e. The smallest absolute Gasteiger partial charge is 0.243 e. The van der Waals surface area contributed by atoms with E-state index < -0.39 is 12.1 Å². The van der Waals surface area contributed by atoms with Gasteiger partial charge < -0.3 is 10.4 Å². The normalized spacial score (nSPS) is 20.6. The van der Waals surface area contributed by atoms with Gasteiger partial charge in [-0.2, -0.15) is 0 Å². The van der Waals surface area contributed by atoms with Crippen LogP contribution in [0.5, 0.6) is 0 Å². The summed E-state index contributed by atoms with van der Waals surface area (Å²) in [7, 11) is 0. The molecular formula is C13H14Cl2N2O3. The molecule has 0 aliphatic carbocycles. The van der Waals surface area contributed by atoms with Crippen LogP contribution in [0, 0.1) is 0 Å². The first-order valence-corrected chi connectivity index (χ1v) is 6.93. The molecule has 1 aliphatic heterocycles. The fraction of sp³-hybridized carbons (Fsp3) is 0.385. The molecule has 108 valence electrons. The molecule has 20 heavy (non-hydrogen) atoms. The lowest BCUT2D eigenvalue weighted by molar-refractivity contribution is -0.134. The zero-order valence-electron chi connectivity index (χ0n) is 10.5. The van der Waals surface area contributed by atoms with Gasteiger partial charge in [0.1, 0.15) is 0 Å². The van der Waals surface area contributed by atoms with E-state index in [9.17, 15) is 14.7 Å². The van der Waals surface area contributed by atoms with Crippen LogP contribution in [0.1, 0.15) is 24.5 Å². The number of nitrogens with one attached hydrogen (secondary N) is 2. The molecule has 2 rings (SSSR count). The molecule has 3 N–H and O–H groups in total. The van der Waals surface area contributed by atoms with Gasteiger partial charge in [0.25, 0.3) is 0 Å². The molecule has 0 radical (unpaired) electrons. The number of benzene rings is 1. The van der Waals surface area contributed by atoms with Crippen molar-refractivity contribution in [3.8, 4) is 0 Å². The number of carbonyl (C=O) groups excluding carboxylic acids is 2. The van der Waals surface area contributed by atoms with Crippen LogP contribution in [0.2, 0.25) is 10.0 Å². The number of amides is 2. The average molecular weight is 317 g/mol. The van der Waals surface area contributed by atoms with E-state index >= 15 is 0 Å². The SMILES string of the molecule is O=C1CCC(NCC(O)c2cc(Cl)ccc2Cl)C(=O)N1. The summed E-state index contributed by atoms with van der Waals surface area (Å²) in [6.07, 6.45) is -0.176. The monoisotopic (exact) mass is 316 g/mol. The summed E-state index contributed by atoms with van der Waals surface area (Å²) in [4.78, 5) is 22.6. The van der Waals surface area contributed by atoms with Gasteiger partial charge in [-0.1, -0.05) is 23.2 Å². The van der Waals surface area contributed by atoms with E-state index in [1.807, 2.05) is 0 Å². The maximum Gasteiger partial charge on any atom is 0.243 e. The van der Waals surface area contributed by atoms with Crippen LogP contribution in [0.15, 0.2) is 18.2 Å². The predicted molar refractivity (Wildman–Crippen MR) is 75.6 cm³/mol. The maximum absolute atomic E-state index is 11.6. The van der Waals surface area contributed by atoms with Crippen LogP contribution in [0.25, 0.3) is 0 Å². The van der Waals surface area contributed by atoms with Crippen molar-refractivity contribution < 1.29 is 14.7 Å². The summed E-state index contributed by atoms with van der Waals surface area (Å²) in [5.41, 5.74) is 0.499. The van der Waals surface area contributed by atoms with E-state index in [1.165, 1.54) is 0 Å². The van der Waals surface area contributed by atoms with Gasteiger partial charge in [-0.05, 0) is 24.6 Å². The molecule has 1 aromatic carbocycles. The number of aliphatic hydroxyl groups is 1. The summed E-state index contributed by atoms with van der Waals surface area (Å²) >= 11 is 11.8. The minimum atomic E-state index is -0.883. The van der Waals surface area contributed by atoms with Gasteiger partial charge >= 0.3 is 0 Å². The summed E-state index contributed by atoms with van der Waals surface area (Å²) < 4.78 is 0. The van der Waals surface area contributed by atoms with Gasteiger partial charge in [-0.15, -0.1) is 0 Å². The Hall–Kier alpha value is -1.14. The van der Waals surface area contributed by atoms with Gasteiger partial charge in [0.05, 0.1) is 12.1 Å². The van der Waals surface area contributed by atoms with Crippen LogP contribution in [-0.2, 0) is 9.59 Å². The van der Waals surface area contributed by atoms with Crippen LogP contribution in [0.3, 0.4) is 0 Å². The van der Waals surface area contributed by atoms with Crippen LogP contribution in [0.4, 0.5) is 0 Å². The number of hydrogen-bond acceptors (Lipinski definition) is 4. The van der Waals surface area contributed by atoms with Crippen molar-refractivity contribution in [1.82, 2.24) is 10.6 Å². The number of imide groups is 1. The molecule has 1 fully saturated rings. The summed E-state index contributed by atoms with van der Waals surface area (Å²) in [5, 5.41) is 16.1. The number of piperidine rings is 1. The Morgan fingerprint density at radius 2 is 2.15 bits per heavy atom. The molecule has 0 bridgehead atoms. The molecular weight excluding hydrogens is 303 g/mol. The summed E-state index contributed by atoms with van der Waals surface area (Å²) in [6.45, 7) is 0.145. The second-order valence-electron chi connectivity index (χ2n) is 4.59. The Kier molecular flexibility index (Phi) is 4.99. The zero-order chi connectivity index (χ0) is 14.7. The average Bonchev–Trinajstić information content (AvgIpc) is 2.40. The maximum atomic E-state index is 11.6. The number of hydrogen-bond donors (Lipinski definition) is 3. The molecule has 1 aliphatic rings. The Bertz CT molecular complexity index is 536. The van der Waals surface area contributed by atoms with Crippen molar-refractivity contribution in [2.45, 2.75) is 25.0 Å². The fourth-order valence-electron chi connectivity index (χ4n) is 2.02. The van der Waals surface area contributed by atoms with Crippen LogP contribution < -0.4 is 10.6 Å². The van der Waals surface area contributed by atoms with Gasteiger partial charge in [0.15, 0.2) is 0 Å². The molecule has 2 atom stereocenters. The highest BCUT2D eigenvalue weighted by Crippen LogP contribution is 2.26. The van der Waals surface area contributed by atoms with Gasteiger partial charge in [0.2, 0.25) is 11.8 Å². The second kappa shape index (κ2) is 6.54. The van der Waals surface area contributed by atoms with Crippen molar-refractivity contribution in [1.29, 1.82) is 0 Å².